The van der Waals surface area contributed by atoms with Gasteiger partial charge in [-0.05, 0) is 18.8 Å². The Hall–Kier alpha value is -1.16. The molecule has 0 amide bonds. The maximum atomic E-state index is 4.67. The molecule has 0 saturated heterocycles. The Bertz CT molecular complexity index is 713. The van der Waals surface area contributed by atoms with Crippen molar-refractivity contribution in [2.45, 2.75) is 15.9 Å². The first-order valence-electron chi connectivity index (χ1n) is 5.96. The van der Waals surface area contributed by atoms with Gasteiger partial charge < -0.3 is 10.2 Å². The molecule has 0 spiro atoms. The predicted molar refractivity (Wildman–Crippen MR) is 84.2 cm³/mol. The van der Waals surface area contributed by atoms with Gasteiger partial charge in [0.1, 0.15) is 5.03 Å². The van der Waals surface area contributed by atoms with E-state index in [0.29, 0.717) is 0 Å². The molecule has 0 saturated carbocycles. The lowest BCUT2D eigenvalue weighted by Gasteiger charge is -2.03. The minimum absolute atomic E-state index is 0.777. The van der Waals surface area contributed by atoms with Crippen molar-refractivity contribution in [2.75, 3.05) is 26.0 Å². The average molecular weight is 326 g/mol. The normalized spacial score (nSPS) is 11.3. The van der Waals surface area contributed by atoms with Crippen LogP contribution in [0.5, 0.6) is 0 Å². The number of nitrogens with one attached hydrogen (secondary N) is 1. The average Bonchev–Trinajstić information content (AvgIpc) is 3.08. The van der Waals surface area contributed by atoms with E-state index in [1.54, 1.807) is 34.4 Å². The van der Waals surface area contributed by atoms with Gasteiger partial charge in [-0.25, -0.2) is 4.98 Å². The van der Waals surface area contributed by atoms with E-state index in [9.17, 15) is 0 Å². The lowest BCUT2D eigenvalue weighted by Crippen LogP contribution is -2.07. The Kier molecular flexibility index (Phi) is 3.92. The molecular formula is C11H14N6S3. The largest absolute Gasteiger partial charge is 0.353 e. The first-order valence-corrected chi connectivity index (χ1v) is 8.48. The Morgan fingerprint density at radius 1 is 1.40 bits per heavy atom. The number of imidazole rings is 1. The topological polar surface area (TPSA) is 58.4 Å². The Morgan fingerprint density at radius 2 is 2.25 bits per heavy atom. The van der Waals surface area contributed by atoms with E-state index in [0.717, 1.165) is 31.7 Å². The van der Waals surface area contributed by atoms with Crippen molar-refractivity contribution in [3.8, 4) is 0 Å². The van der Waals surface area contributed by atoms with Crippen LogP contribution >= 0.6 is 34.4 Å². The zero-order valence-electron chi connectivity index (χ0n) is 11.3. The predicted octanol–water partition coefficient (Wildman–Crippen LogP) is 2.18. The van der Waals surface area contributed by atoms with E-state index < -0.39 is 0 Å². The summed E-state index contributed by atoms with van der Waals surface area (Å²) < 4.78 is 3.04. The fraction of sp³-hybridized carbons (Fsp3) is 0.364. The van der Waals surface area contributed by atoms with Gasteiger partial charge in [-0.15, -0.1) is 21.5 Å². The van der Waals surface area contributed by atoms with E-state index in [2.05, 4.69) is 31.1 Å². The third kappa shape index (κ3) is 2.53. The van der Waals surface area contributed by atoms with Crippen molar-refractivity contribution in [1.29, 1.82) is 0 Å². The van der Waals surface area contributed by atoms with Gasteiger partial charge >= 0.3 is 0 Å². The first kappa shape index (κ1) is 13.8. The number of nitrogens with zero attached hydrogens (tertiary/aromatic N) is 5. The quantitative estimate of drug-likeness (QED) is 0.775. The highest BCUT2D eigenvalue weighted by Crippen LogP contribution is 2.35. The summed E-state index contributed by atoms with van der Waals surface area (Å²) >= 11 is 4.79. The number of anilines is 1. The molecule has 0 aliphatic rings. The summed E-state index contributed by atoms with van der Waals surface area (Å²) in [7, 11) is 5.87. The molecule has 3 aromatic rings. The molecule has 0 bridgehead atoms. The lowest BCUT2D eigenvalue weighted by molar-refractivity contribution is 0.765. The summed E-state index contributed by atoms with van der Waals surface area (Å²) in [5, 5.41) is 15.5. The highest BCUT2D eigenvalue weighted by molar-refractivity contribution is 8.01. The van der Waals surface area contributed by atoms with Crippen LogP contribution in [-0.2, 0) is 6.54 Å². The number of aromatic nitrogens is 4. The molecule has 106 valence electrons. The van der Waals surface area contributed by atoms with Crippen molar-refractivity contribution >= 4 is 44.5 Å². The van der Waals surface area contributed by atoms with E-state index in [-0.39, 0.29) is 0 Å². The first-order chi connectivity index (χ1) is 9.69. The summed E-state index contributed by atoms with van der Waals surface area (Å²) in [4.78, 5) is 7.64. The van der Waals surface area contributed by atoms with Crippen LogP contribution in [-0.4, -0.2) is 40.7 Å². The second kappa shape index (κ2) is 5.68. The van der Waals surface area contributed by atoms with E-state index in [1.165, 1.54) is 0 Å². The van der Waals surface area contributed by atoms with Gasteiger partial charge in [0.05, 0.1) is 5.69 Å². The molecule has 0 fully saturated rings. The number of hydrogen-bond acceptors (Lipinski definition) is 8. The molecule has 0 unspecified atom stereocenters. The van der Waals surface area contributed by atoms with Gasteiger partial charge in [0.25, 0.3) is 0 Å². The van der Waals surface area contributed by atoms with Crippen molar-refractivity contribution < 1.29 is 0 Å². The number of thiazole rings is 1. The maximum Gasteiger partial charge on any atom is 0.208 e. The van der Waals surface area contributed by atoms with E-state index >= 15 is 0 Å². The summed E-state index contributed by atoms with van der Waals surface area (Å²) in [5.74, 6) is 0. The molecular weight excluding hydrogens is 312 g/mol. The fourth-order valence-corrected chi connectivity index (χ4v) is 4.32. The molecule has 6 nitrogen and oxygen atoms in total. The van der Waals surface area contributed by atoms with Crippen LogP contribution in [0, 0.1) is 0 Å². The van der Waals surface area contributed by atoms with Crippen LogP contribution in [0.3, 0.4) is 0 Å². The Balaban J connectivity index is 1.92. The zero-order chi connectivity index (χ0) is 14.1. The fourth-order valence-electron chi connectivity index (χ4n) is 1.73. The maximum absolute atomic E-state index is 4.67. The van der Waals surface area contributed by atoms with Crippen molar-refractivity contribution in [3.63, 3.8) is 0 Å². The Labute approximate surface area is 128 Å². The molecule has 9 heteroatoms. The number of hydrogen-bond donors (Lipinski definition) is 1. The van der Waals surface area contributed by atoms with Gasteiger partial charge in [-0.2, -0.15) is 0 Å². The molecule has 0 aromatic carbocycles. The molecule has 20 heavy (non-hydrogen) atoms. The second-order valence-corrected chi connectivity index (χ2v) is 7.36. The highest BCUT2D eigenvalue weighted by atomic mass is 32.2. The summed E-state index contributed by atoms with van der Waals surface area (Å²) in [5.41, 5.74) is 1.16. The van der Waals surface area contributed by atoms with Crippen LogP contribution < -0.4 is 10.2 Å². The monoisotopic (exact) mass is 326 g/mol. The third-order valence-corrected chi connectivity index (χ3v) is 5.55. The van der Waals surface area contributed by atoms with Crippen molar-refractivity contribution in [3.05, 3.63) is 17.3 Å². The Morgan fingerprint density at radius 3 is 2.95 bits per heavy atom. The molecule has 3 rings (SSSR count). The summed E-state index contributed by atoms with van der Waals surface area (Å²) in [6, 6.07) is 0. The second-order valence-electron chi connectivity index (χ2n) is 4.30. The molecule has 0 aliphatic heterocycles. The van der Waals surface area contributed by atoms with Crippen LogP contribution in [0.4, 0.5) is 5.13 Å². The third-order valence-electron chi connectivity index (χ3n) is 2.63. The summed E-state index contributed by atoms with van der Waals surface area (Å²) in [6.45, 7) is 0.777. The zero-order valence-corrected chi connectivity index (χ0v) is 13.8. The number of fused-ring (bicyclic) bond motifs is 1. The standard InChI is InChI=1S/C11H14N6S3/c1-12-6-7-8(13-9-17(7)4-5-18-9)19-11-15-14-10(20-11)16(2)3/h4-5,12H,6H2,1-3H3. The van der Waals surface area contributed by atoms with Gasteiger partial charge in [0, 0.05) is 32.2 Å². The van der Waals surface area contributed by atoms with Crippen molar-refractivity contribution in [1.82, 2.24) is 24.9 Å². The molecule has 1 N–H and O–H groups in total. The van der Waals surface area contributed by atoms with Gasteiger partial charge in [0.15, 0.2) is 9.30 Å². The smallest absolute Gasteiger partial charge is 0.208 e. The molecule has 0 aliphatic carbocycles. The minimum Gasteiger partial charge on any atom is -0.353 e. The molecule has 0 radical (unpaired) electrons. The minimum atomic E-state index is 0.777. The molecule has 3 heterocycles. The van der Waals surface area contributed by atoms with Crippen LogP contribution in [0.25, 0.3) is 4.96 Å². The van der Waals surface area contributed by atoms with Crippen LogP contribution in [0.2, 0.25) is 0 Å². The number of rotatable bonds is 5. The molecule has 3 aromatic heterocycles. The summed E-state index contributed by atoms with van der Waals surface area (Å²) in [6.07, 6.45) is 2.05. The van der Waals surface area contributed by atoms with E-state index in [1.807, 2.05) is 31.4 Å². The highest BCUT2D eigenvalue weighted by Gasteiger charge is 2.16. The SMILES string of the molecule is CNCc1c(Sc2nnc(N(C)C)s2)nc2sccn12. The van der Waals surface area contributed by atoms with Gasteiger partial charge in [-0.3, -0.25) is 4.40 Å². The van der Waals surface area contributed by atoms with Gasteiger partial charge in [-0.1, -0.05) is 11.3 Å². The lowest BCUT2D eigenvalue weighted by atomic mass is 10.5. The van der Waals surface area contributed by atoms with Crippen LogP contribution in [0.1, 0.15) is 5.69 Å². The van der Waals surface area contributed by atoms with Gasteiger partial charge in [0.2, 0.25) is 5.13 Å². The van der Waals surface area contributed by atoms with Crippen LogP contribution in [0.15, 0.2) is 20.9 Å². The molecule has 0 atom stereocenters. The van der Waals surface area contributed by atoms with Crippen molar-refractivity contribution in [2.24, 2.45) is 0 Å². The van der Waals surface area contributed by atoms with E-state index in [4.69, 9.17) is 0 Å².